The van der Waals surface area contributed by atoms with Gasteiger partial charge in [0.1, 0.15) is 5.69 Å². The molecule has 0 fully saturated rings. The molecular formula is C19H17F3N4O2. The van der Waals surface area contributed by atoms with Gasteiger partial charge in [0.05, 0.1) is 23.4 Å². The molecule has 1 amide bonds. The highest BCUT2D eigenvalue weighted by atomic mass is 19.4. The van der Waals surface area contributed by atoms with E-state index in [1.807, 2.05) is 28.6 Å². The van der Waals surface area contributed by atoms with Crippen LogP contribution in [-0.2, 0) is 12.7 Å². The number of aromatic amines is 1. The van der Waals surface area contributed by atoms with Gasteiger partial charge in [-0.3, -0.25) is 14.6 Å². The molecule has 0 aliphatic heterocycles. The molecule has 0 bridgehead atoms. The van der Waals surface area contributed by atoms with E-state index in [2.05, 4.69) is 10.3 Å². The van der Waals surface area contributed by atoms with Gasteiger partial charge >= 0.3 is 6.18 Å². The summed E-state index contributed by atoms with van der Waals surface area (Å²) >= 11 is 0. The third-order valence-electron chi connectivity index (χ3n) is 4.34. The fraction of sp³-hybridized carbons (Fsp3) is 0.211. The molecule has 28 heavy (non-hydrogen) atoms. The van der Waals surface area contributed by atoms with Crippen molar-refractivity contribution in [3.05, 3.63) is 81.3 Å². The van der Waals surface area contributed by atoms with E-state index < -0.39 is 28.9 Å². The SMILES string of the molecule is Cc1cc(C(=O)Nc2cc(C(F)(F)F)c[nH]c2=O)c(C)n1Cc1ccccn1. The highest BCUT2D eigenvalue weighted by Gasteiger charge is 2.31. The van der Waals surface area contributed by atoms with Gasteiger partial charge in [-0.1, -0.05) is 6.07 Å². The summed E-state index contributed by atoms with van der Waals surface area (Å²) in [6.07, 6.45) is -2.41. The van der Waals surface area contributed by atoms with Gasteiger partial charge in [-0.15, -0.1) is 0 Å². The first-order chi connectivity index (χ1) is 13.2. The van der Waals surface area contributed by atoms with Crippen LogP contribution in [0.5, 0.6) is 0 Å². The first-order valence-electron chi connectivity index (χ1n) is 8.34. The first-order valence-corrected chi connectivity index (χ1v) is 8.34. The Hall–Kier alpha value is -3.36. The molecule has 0 aliphatic carbocycles. The number of pyridine rings is 2. The number of hydrogen-bond donors (Lipinski definition) is 2. The molecule has 9 heteroatoms. The number of nitrogens with one attached hydrogen (secondary N) is 2. The number of amides is 1. The van der Waals surface area contributed by atoms with Crippen LogP contribution in [0, 0.1) is 13.8 Å². The smallest absolute Gasteiger partial charge is 0.342 e. The number of rotatable bonds is 4. The normalized spacial score (nSPS) is 11.5. The zero-order chi connectivity index (χ0) is 20.5. The number of aromatic nitrogens is 3. The Morgan fingerprint density at radius 2 is 2.00 bits per heavy atom. The second-order valence-electron chi connectivity index (χ2n) is 6.28. The van der Waals surface area contributed by atoms with Crippen molar-refractivity contribution in [2.45, 2.75) is 26.6 Å². The Kier molecular flexibility index (Phi) is 5.08. The van der Waals surface area contributed by atoms with Gasteiger partial charge in [0.15, 0.2) is 0 Å². The van der Waals surface area contributed by atoms with E-state index in [0.29, 0.717) is 24.5 Å². The molecule has 3 aromatic heterocycles. The Balaban J connectivity index is 1.88. The molecule has 2 N–H and O–H groups in total. The Labute approximate surface area is 158 Å². The molecule has 0 saturated heterocycles. The van der Waals surface area contributed by atoms with Crippen molar-refractivity contribution in [2.75, 3.05) is 5.32 Å². The summed E-state index contributed by atoms with van der Waals surface area (Å²) in [6, 6.07) is 7.73. The zero-order valence-corrected chi connectivity index (χ0v) is 15.1. The summed E-state index contributed by atoms with van der Waals surface area (Å²) < 4.78 is 40.4. The Morgan fingerprint density at radius 1 is 1.25 bits per heavy atom. The summed E-state index contributed by atoms with van der Waals surface area (Å²) in [5, 5.41) is 2.27. The molecule has 0 aromatic carbocycles. The lowest BCUT2D eigenvalue weighted by Gasteiger charge is -2.10. The minimum absolute atomic E-state index is 0.269. The number of alkyl halides is 3. The molecule has 0 atom stereocenters. The second kappa shape index (κ2) is 7.34. The lowest BCUT2D eigenvalue weighted by atomic mass is 10.2. The lowest BCUT2D eigenvalue weighted by molar-refractivity contribution is -0.137. The van der Waals surface area contributed by atoms with Crippen LogP contribution in [0.25, 0.3) is 0 Å². The van der Waals surface area contributed by atoms with Gasteiger partial charge in [-0.25, -0.2) is 0 Å². The van der Waals surface area contributed by atoms with Gasteiger partial charge in [0, 0.05) is 23.8 Å². The van der Waals surface area contributed by atoms with Crippen molar-refractivity contribution in [1.82, 2.24) is 14.5 Å². The van der Waals surface area contributed by atoms with Crippen molar-refractivity contribution in [2.24, 2.45) is 0 Å². The predicted octanol–water partition coefficient (Wildman–Crippen LogP) is 3.51. The molecule has 3 rings (SSSR count). The van der Waals surface area contributed by atoms with Crippen LogP contribution in [0.3, 0.4) is 0 Å². The van der Waals surface area contributed by atoms with Gasteiger partial charge < -0.3 is 14.9 Å². The second-order valence-corrected chi connectivity index (χ2v) is 6.28. The molecule has 0 unspecified atom stereocenters. The number of hydrogen-bond acceptors (Lipinski definition) is 3. The number of carbonyl (C=O) groups is 1. The van der Waals surface area contributed by atoms with E-state index in [1.54, 1.807) is 25.3 Å². The van der Waals surface area contributed by atoms with E-state index in [9.17, 15) is 22.8 Å². The Morgan fingerprint density at radius 3 is 2.64 bits per heavy atom. The van der Waals surface area contributed by atoms with E-state index in [4.69, 9.17) is 0 Å². The highest BCUT2D eigenvalue weighted by Crippen LogP contribution is 2.29. The van der Waals surface area contributed by atoms with Gasteiger partial charge in [0.2, 0.25) is 0 Å². The van der Waals surface area contributed by atoms with Gasteiger partial charge in [-0.05, 0) is 38.1 Å². The maximum Gasteiger partial charge on any atom is 0.417 e. The van der Waals surface area contributed by atoms with E-state index in [-0.39, 0.29) is 5.56 Å². The van der Waals surface area contributed by atoms with Gasteiger partial charge in [-0.2, -0.15) is 13.2 Å². The van der Waals surface area contributed by atoms with E-state index >= 15 is 0 Å². The van der Waals surface area contributed by atoms with E-state index in [0.717, 1.165) is 11.4 Å². The molecule has 0 radical (unpaired) electrons. The van der Waals surface area contributed by atoms with Crippen LogP contribution in [0.1, 0.15) is 33.0 Å². The summed E-state index contributed by atoms with van der Waals surface area (Å²) in [7, 11) is 0. The van der Waals surface area contributed by atoms with Gasteiger partial charge in [0.25, 0.3) is 11.5 Å². The molecule has 0 aliphatic rings. The van der Waals surface area contributed by atoms with Crippen molar-refractivity contribution in [3.8, 4) is 0 Å². The summed E-state index contributed by atoms with van der Waals surface area (Å²) in [4.78, 5) is 30.6. The highest BCUT2D eigenvalue weighted by molar-refractivity contribution is 6.05. The molecular weight excluding hydrogens is 373 g/mol. The average molecular weight is 390 g/mol. The van der Waals surface area contributed by atoms with Crippen LogP contribution in [-0.4, -0.2) is 20.4 Å². The molecule has 146 valence electrons. The number of H-pyrrole nitrogens is 1. The molecule has 6 nitrogen and oxygen atoms in total. The summed E-state index contributed by atoms with van der Waals surface area (Å²) in [5.74, 6) is -0.662. The summed E-state index contributed by atoms with van der Waals surface area (Å²) in [6.45, 7) is 3.97. The first kappa shape index (κ1) is 19.4. The molecule has 3 heterocycles. The minimum Gasteiger partial charge on any atom is -0.342 e. The van der Waals surface area contributed by atoms with E-state index in [1.165, 1.54) is 0 Å². The topological polar surface area (TPSA) is 79.8 Å². The molecule has 0 saturated carbocycles. The van der Waals surface area contributed by atoms with Crippen LogP contribution in [0.4, 0.5) is 18.9 Å². The maximum absolute atomic E-state index is 12.8. The van der Waals surface area contributed by atoms with Crippen molar-refractivity contribution in [3.63, 3.8) is 0 Å². The Bertz CT molecular complexity index is 1070. The lowest BCUT2D eigenvalue weighted by Crippen LogP contribution is -2.22. The molecule has 0 spiro atoms. The maximum atomic E-state index is 12.8. The van der Waals surface area contributed by atoms with Crippen LogP contribution < -0.4 is 10.9 Å². The number of halogens is 3. The molecule has 3 aromatic rings. The standard InChI is InChI=1S/C19H17F3N4O2/c1-11-7-15(12(2)26(11)10-14-5-3-4-6-23-14)17(27)25-16-8-13(19(20,21)22)9-24-18(16)28/h3-9H,10H2,1-2H3,(H,24,28)(H,25,27). The summed E-state index contributed by atoms with van der Waals surface area (Å²) in [5.41, 5.74) is 0.132. The fourth-order valence-electron chi connectivity index (χ4n) is 2.86. The quantitative estimate of drug-likeness (QED) is 0.716. The van der Waals surface area contributed by atoms with Crippen molar-refractivity contribution in [1.29, 1.82) is 0 Å². The van der Waals surface area contributed by atoms with Crippen molar-refractivity contribution >= 4 is 11.6 Å². The van der Waals surface area contributed by atoms with Crippen LogP contribution >= 0.6 is 0 Å². The number of aryl methyl sites for hydroxylation is 1. The number of carbonyl (C=O) groups excluding carboxylic acids is 1. The zero-order valence-electron chi connectivity index (χ0n) is 15.1. The van der Waals surface area contributed by atoms with Crippen molar-refractivity contribution < 1.29 is 18.0 Å². The predicted molar refractivity (Wildman–Crippen MR) is 97.3 cm³/mol. The van der Waals surface area contributed by atoms with Crippen LogP contribution in [0.2, 0.25) is 0 Å². The fourth-order valence-corrected chi connectivity index (χ4v) is 2.86. The average Bonchev–Trinajstić information content (AvgIpc) is 2.92. The third kappa shape index (κ3) is 3.98. The monoisotopic (exact) mass is 390 g/mol. The number of anilines is 1. The van der Waals surface area contributed by atoms with Crippen LogP contribution in [0.15, 0.2) is 47.5 Å². The largest absolute Gasteiger partial charge is 0.417 e. The number of nitrogens with zero attached hydrogens (tertiary/aromatic N) is 2. The third-order valence-corrected chi connectivity index (χ3v) is 4.34. The minimum atomic E-state index is -4.64.